The summed E-state index contributed by atoms with van der Waals surface area (Å²) in [6, 6.07) is 14.9. The monoisotopic (exact) mass is 433 g/mol. The number of nitrogens with zero attached hydrogens (tertiary/aromatic N) is 4. The van der Waals surface area contributed by atoms with Crippen LogP contribution < -0.4 is 10.9 Å². The average molecular weight is 433 g/mol. The molecule has 7 nitrogen and oxygen atoms in total. The molecule has 1 N–H and O–H groups in total. The van der Waals surface area contributed by atoms with Crippen molar-refractivity contribution >= 4 is 33.9 Å². The van der Waals surface area contributed by atoms with Crippen LogP contribution in [-0.2, 0) is 17.9 Å². The van der Waals surface area contributed by atoms with Gasteiger partial charge < -0.3 is 5.32 Å². The van der Waals surface area contributed by atoms with Crippen molar-refractivity contribution in [3.8, 4) is 10.6 Å². The number of thiophene rings is 1. The molecular weight excluding hydrogens is 417 g/mol. The zero-order chi connectivity index (χ0) is 21.4. The van der Waals surface area contributed by atoms with E-state index in [4.69, 9.17) is 0 Å². The number of nitrogens with one attached hydrogen (secondary N) is 1. The summed E-state index contributed by atoms with van der Waals surface area (Å²) in [5.41, 5.74) is 2.47. The highest BCUT2D eigenvalue weighted by atomic mass is 32.1. The van der Waals surface area contributed by atoms with Crippen LogP contribution in [0.2, 0.25) is 0 Å². The summed E-state index contributed by atoms with van der Waals surface area (Å²) in [6.07, 6.45) is 1.62. The van der Waals surface area contributed by atoms with Crippen LogP contribution in [0.15, 0.2) is 71.0 Å². The maximum Gasteiger partial charge on any atom is 0.277 e. The number of halogens is 1. The van der Waals surface area contributed by atoms with E-state index in [0.29, 0.717) is 22.4 Å². The van der Waals surface area contributed by atoms with Crippen molar-refractivity contribution in [2.24, 2.45) is 0 Å². The van der Waals surface area contributed by atoms with Gasteiger partial charge in [-0.05, 0) is 47.3 Å². The summed E-state index contributed by atoms with van der Waals surface area (Å²) in [5, 5.41) is 9.28. The van der Waals surface area contributed by atoms with E-state index in [0.717, 1.165) is 10.4 Å². The molecule has 0 aliphatic rings. The van der Waals surface area contributed by atoms with Crippen molar-refractivity contribution < 1.29 is 9.18 Å². The van der Waals surface area contributed by atoms with Crippen LogP contribution in [0.1, 0.15) is 5.56 Å². The second-order valence-electron chi connectivity index (χ2n) is 6.94. The van der Waals surface area contributed by atoms with Gasteiger partial charge in [-0.15, -0.1) is 11.3 Å². The fourth-order valence-electron chi connectivity index (χ4n) is 3.41. The maximum atomic E-state index is 13.2. The van der Waals surface area contributed by atoms with Crippen LogP contribution >= 0.6 is 11.3 Å². The average Bonchev–Trinajstić information content (AvgIpc) is 3.46. The third-order valence-electron chi connectivity index (χ3n) is 4.91. The van der Waals surface area contributed by atoms with Crippen LogP contribution in [0.5, 0.6) is 0 Å². The van der Waals surface area contributed by atoms with Crippen molar-refractivity contribution in [3.05, 3.63) is 87.9 Å². The van der Waals surface area contributed by atoms with E-state index in [1.54, 1.807) is 36.5 Å². The quantitative estimate of drug-likeness (QED) is 0.462. The van der Waals surface area contributed by atoms with Gasteiger partial charge in [0.1, 0.15) is 23.6 Å². The maximum absolute atomic E-state index is 13.2. The van der Waals surface area contributed by atoms with Crippen molar-refractivity contribution in [1.29, 1.82) is 0 Å². The number of carbonyl (C=O) groups excluding carboxylic acids is 1. The van der Waals surface area contributed by atoms with Gasteiger partial charge in [-0.1, -0.05) is 18.2 Å². The number of fused-ring (bicyclic) bond motifs is 3. The number of hydrogen-bond donors (Lipinski definition) is 1. The van der Waals surface area contributed by atoms with Crippen molar-refractivity contribution in [2.45, 2.75) is 13.1 Å². The first-order valence-corrected chi connectivity index (χ1v) is 10.4. The molecule has 0 radical (unpaired) electrons. The summed E-state index contributed by atoms with van der Waals surface area (Å²) < 4.78 is 16.0. The van der Waals surface area contributed by atoms with Crippen LogP contribution in [0.4, 0.5) is 4.39 Å². The van der Waals surface area contributed by atoms with Gasteiger partial charge in [0.15, 0.2) is 5.65 Å². The fraction of sp³-hybridized carbons (Fsp3) is 0.0909. The summed E-state index contributed by atoms with van der Waals surface area (Å²) in [6.45, 7) is 0.0692. The minimum Gasteiger partial charge on any atom is -0.350 e. The van der Waals surface area contributed by atoms with Crippen LogP contribution in [0.25, 0.3) is 27.3 Å². The van der Waals surface area contributed by atoms with Crippen LogP contribution in [-0.4, -0.2) is 25.1 Å². The lowest BCUT2D eigenvalue weighted by atomic mass is 10.2. The second-order valence-corrected chi connectivity index (χ2v) is 7.89. The normalized spacial score (nSPS) is 11.3. The first kappa shape index (κ1) is 19.1. The zero-order valence-corrected chi connectivity index (χ0v) is 17.0. The second kappa shape index (κ2) is 7.77. The Hall–Kier alpha value is -3.85. The molecule has 1 aromatic carbocycles. The lowest BCUT2D eigenvalue weighted by molar-refractivity contribution is -0.121. The third-order valence-corrected chi connectivity index (χ3v) is 5.80. The Morgan fingerprint density at radius 2 is 1.94 bits per heavy atom. The molecule has 0 saturated heterocycles. The molecule has 5 aromatic rings. The molecule has 0 fully saturated rings. The summed E-state index contributed by atoms with van der Waals surface area (Å²) in [4.78, 5) is 31.2. The highest BCUT2D eigenvalue weighted by molar-refractivity contribution is 7.13. The van der Waals surface area contributed by atoms with Gasteiger partial charge in [-0.2, -0.15) is 5.10 Å². The van der Waals surface area contributed by atoms with E-state index in [1.165, 1.54) is 32.6 Å². The van der Waals surface area contributed by atoms with Gasteiger partial charge >= 0.3 is 0 Å². The molecule has 5 rings (SSSR count). The number of rotatable bonds is 5. The molecule has 1 amide bonds. The number of benzene rings is 1. The van der Waals surface area contributed by atoms with Gasteiger partial charge in [-0.25, -0.2) is 13.9 Å². The van der Waals surface area contributed by atoms with E-state index in [-0.39, 0.29) is 30.4 Å². The Labute approximate surface area is 179 Å². The Balaban J connectivity index is 1.51. The predicted octanol–water partition coefficient (Wildman–Crippen LogP) is 3.23. The molecule has 0 saturated carbocycles. The zero-order valence-electron chi connectivity index (χ0n) is 16.2. The van der Waals surface area contributed by atoms with E-state index >= 15 is 0 Å². The molecule has 4 aromatic heterocycles. The minimum atomic E-state index is -0.336. The van der Waals surface area contributed by atoms with Crippen LogP contribution in [0.3, 0.4) is 0 Å². The summed E-state index contributed by atoms with van der Waals surface area (Å²) in [7, 11) is 0. The van der Waals surface area contributed by atoms with Gasteiger partial charge in [0, 0.05) is 12.7 Å². The molecule has 0 atom stereocenters. The van der Waals surface area contributed by atoms with Crippen molar-refractivity contribution in [3.63, 3.8) is 0 Å². The predicted molar refractivity (Wildman–Crippen MR) is 116 cm³/mol. The van der Waals surface area contributed by atoms with Crippen molar-refractivity contribution in [1.82, 2.24) is 24.5 Å². The molecular formula is C22H16FN5O2S. The Morgan fingerprint density at radius 3 is 2.71 bits per heavy atom. The van der Waals surface area contributed by atoms with Crippen molar-refractivity contribution in [2.75, 3.05) is 0 Å². The van der Waals surface area contributed by atoms with E-state index in [2.05, 4.69) is 15.4 Å². The molecule has 31 heavy (non-hydrogen) atoms. The highest BCUT2D eigenvalue weighted by Crippen LogP contribution is 2.24. The largest absolute Gasteiger partial charge is 0.350 e. The Kier molecular flexibility index (Phi) is 4.79. The van der Waals surface area contributed by atoms with E-state index < -0.39 is 0 Å². The first-order chi connectivity index (χ1) is 15.1. The van der Waals surface area contributed by atoms with E-state index in [1.807, 2.05) is 17.5 Å². The number of hydrogen-bond acceptors (Lipinski definition) is 5. The topological polar surface area (TPSA) is 81.3 Å². The fourth-order valence-corrected chi connectivity index (χ4v) is 4.09. The molecule has 0 bridgehead atoms. The number of pyridine rings is 1. The molecule has 0 unspecified atom stereocenters. The van der Waals surface area contributed by atoms with E-state index in [9.17, 15) is 14.0 Å². The summed E-state index contributed by atoms with van der Waals surface area (Å²) >= 11 is 1.53. The number of amides is 1. The molecule has 0 spiro atoms. The SMILES string of the molecule is O=C(Cn1c(=O)c2cc(-c3cccs3)nn2c2ncccc21)NCc1ccc(F)cc1. The molecule has 0 aliphatic heterocycles. The first-order valence-electron chi connectivity index (χ1n) is 9.52. The van der Waals surface area contributed by atoms with Gasteiger partial charge in [0.2, 0.25) is 5.91 Å². The molecule has 9 heteroatoms. The van der Waals surface area contributed by atoms with Gasteiger partial charge in [-0.3, -0.25) is 14.2 Å². The summed E-state index contributed by atoms with van der Waals surface area (Å²) in [5.74, 6) is -0.671. The number of carbonyl (C=O) groups is 1. The van der Waals surface area contributed by atoms with Gasteiger partial charge in [0.25, 0.3) is 5.56 Å². The van der Waals surface area contributed by atoms with Gasteiger partial charge in [0.05, 0.1) is 10.4 Å². The smallest absolute Gasteiger partial charge is 0.277 e. The lowest BCUT2D eigenvalue weighted by Crippen LogP contribution is -2.33. The highest BCUT2D eigenvalue weighted by Gasteiger charge is 2.17. The Bertz CT molecular complexity index is 1460. The minimum absolute atomic E-state index is 0.168. The standard InChI is InChI=1S/C22H16FN5O2S/c23-15-7-5-14(6-8-15)12-25-20(29)13-27-17-3-1-9-24-21(17)28-18(22(27)30)11-16(26-28)19-4-2-10-31-19/h1-11H,12-13H2,(H,25,29). The third kappa shape index (κ3) is 3.59. The van der Waals surface area contributed by atoms with Crippen LogP contribution in [0, 0.1) is 5.82 Å². The lowest BCUT2D eigenvalue weighted by Gasteiger charge is -2.11. The molecule has 154 valence electrons. The molecule has 4 heterocycles. The number of aromatic nitrogens is 4. The Morgan fingerprint density at radius 1 is 1.10 bits per heavy atom. The molecule has 0 aliphatic carbocycles.